The van der Waals surface area contributed by atoms with E-state index in [1.807, 2.05) is 6.92 Å². The number of nitrogens with one attached hydrogen (secondary N) is 2. The van der Waals surface area contributed by atoms with Crippen LogP contribution in [0.15, 0.2) is 0 Å². The third-order valence-electron chi connectivity index (χ3n) is 5.54. The molecule has 0 spiro atoms. The van der Waals surface area contributed by atoms with Gasteiger partial charge in [-0.05, 0) is 51.6 Å². The third-order valence-corrected chi connectivity index (χ3v) is 5.54. The van der Waals surface area contributed by atoms with Gasteiger partial charge in [-0.1, -0.05) is 19.8 Å². The lowest BCUT2D eigenvalue weighted by Gasteiger charge is -2.32. The molecular formula is C19H29N3O2. The average molecular weight is 331 g/mol. The molecule has 1 aromatic heterocycles. The molecule has 0 bridgehead atoms. The Bertz CT molecular complexity index is 635. The lowest BCUT2D eigenvalue weighted by atomic mass is 9.98. The standard InChI is InChI=1S/C19H29N3O2/c1-4-7-14-17(13(3)23)12(2)20-18(14)19(24)21-15-9-11-22-10-6-5-8-16(15)22/h15-16,20H,4-11H2,1-3H3,(H,21,24)/t15-,16-/m1/s1. The first-order valence-corrected chi connectivity index (χ1v) is 9.30. The van der Waals surface area contributed by atoms with Gasteiger partial charge in [-0.3, -0.25) is 14.5 Å². The fraction of sp³-hybridized carbons (Fsp3) is 0.684. The first-order valence-electron chi connectivity index (χ1n) is 9.30. The SMILES string of the molecule is CCCc1c(C(=O)N[C@@H]2CCN3CCCC[C@H]23)[nH]c(C)c1C(C)=O. The van der Waals surface area contributed by atoms with Crippen LogP contribution in [0.25, 0.3) is 0 Å². The first kappa shape index (κ1) is 17.2. The molecule has 0 aromatic carbocycles. The van der Waals surface area contributed by atoms with E-state index < -0.39 is 0 Å². The van der Waals surface area contributed by atoms with Gasteiger partial charge in [0, 0.05) is 29.9 Å². The second kappa shape index (κ2) is 7.09. The zero-order chi connectivity index (χ0) is 17.3. The first-order chi connectivity index (χ1) is 11.5. The summed E-state index contributed by atoms with van der Waals surface area (Å²) in [5.74, 6) is -0.0166. The zero-order valence-electron chi connectivity index (χ0n) is 15.1. The van der Waals surface area contributed by atoms with Gasteiger partial charge in [-0.15, -0.1) is 0 Å². The summed E-state index contributed by atoms with van der Waals surface area (Å²) in [6.45, 7) is 7.78. The van der Waals surface area contributed by atoms with Crippen molar-refractivity contribution in [2.75, 3.05) is 13.1 Å². The van der Waals surface area contributed by atoms with E-state index in [2.05, 4.69) is 22.1 Å². The third kappa shape index (κ3) is 3.14. The molecule has 1 amide bonds. The molecule has 0 radical (unpaired) electrons. The minimum Gasteiger partial charge on any atom is -0.354 e. The Labute approximate surface area is 144 Å². The Morgan fingerprint density at radius 3 is 2.75 bits per heavy atom. The van der Waals surface area contributed by atoms with Crippen LogP contribution in [0, 0.1) is 6.92 Å². The molecule has 2 N–H and O–H groups in total. The Balaban J connectivity index is 1.80. The van der Waals surface area contributed by atoms with Crippen molar-refractivity contribution < 1.29 is 9.59 Å². The van der Waals surface area contributed by atoms with Gasteiger partial charge >= 0.3 is 0 Å². The predicted octanol–water partition coefficient (Wildman–Crippen LogP) is 2.83. The highest BCUT2D eigenvalue weighted by atomic mass is 16.2. The van der Waals surface area contributed by atoms with Crippen LogP contribution in [0.2, 0.25) is 0 Å². The molecule has 1 aromatic rings. The number of nitrogens with zero attached hydrogens (tertiary/aromatic N) is 1. The van der Waals surface area contributed by atoms with Gasteiger partial charge in [0.15, 0.2) is 5.78 Å². The summed E-state index contributed by atoms with van der Waals surface area (Å²) in [5, 5.41) is 3.25. The lowest BCUT2D eigenvalue weighted by Crippen LogP contribution is -2.47. The van der Waals surface area contributed by atoms with Crippen molar-refractivity contribution in [2.24, 2.45) is 0 Å². The number of amides is 1. The Kier molecular flexibility index (Phi) is 5.09. The highest BCUT2D eigenvalue weighted by molar-refractivity contribution is 6.02. The molecule has 0 unspecified atom stereocenters. The van der Waals surface area contributed by atoms with E-state index in [-0.39, 0.29) is 17.7 Å². The fourth-order valence-electron chi connectivity index (χ4n) is 4.50. The summed E-state index contributed by atoms with van der Waals surface area (Å²) >= 11 is 0. The van der Waals surface area contributed by atoms with Crippen LogP contribution in [0.5, 0.6) is 0 Å². The van der Waals surface area contributed by atoms with Crippen LogP contribution in [-0.2, 0) is 6.42 Å². The van der Waals surface area contributed by atoms with Crippen molar-refractivity contribution in [1.82, 2.24) is 15.2 Å². The normalized spacial score (nSPS) is 24.0. The number of ketones is 1. The number of aromatic nitrogens is 1. The van der Waals surface area contributed by atoms with Gasteiger partial charge in [-0.25, -0.2) is 0 Å². The Hall–Kier alpha value is -1.62. The molecule has 0 saturated carbocycles. The monoisotopic (exact) mass is 331 g/mol. The maximum Gasteiger partial charge on any atom is 0.268 e. The Morgan fingerprint density at radius 1 is 1.25 bits per heavy atom. The van der Waals surface area contributed by atoms with E-state index in [1.165, 1.54) is 19.3 Å². The van der Waals surface area contributed by atoms with E-state index in [0.717, 1.165) is 43.6 Å². The topological polar surface area (TPSA) is 65.2 Å². The number of piperidine rings is 1. The summed E-state index contributed by atoms with van der Waals surface area (Å²) in [6.07, 6.45) is 6.40. The molecule has 2 aliphatic rings. The summed E-state index contributed by atoms with van der Waals surface area (Å²) < 4.78 is 0. The molecule has 5 nitrogen and oxygen atoms in total. The molecule has 3 rings (SSSR count). The van der Waals surface area contributed by atoms with Gasteiger partial charge in [0.2, 0.25) is 0 Å². The van der Waals surface area contributed by atoms with Gasteiger partial charge in [0.1, 0.15) is 5.69 Å². The average Bonchev–Trinajstić information content (AvgIpc) is 3.09. The zero-order valence-corrected chi connectivity index (χ0v) is 15.1. The maximum absolute atomic E-state index is 12.9. The Morgan fingerprint density at radius 2 is 2.04 bits per heavy atom. The molecule has 2 fully saturated rings. The molecule has 2 atom stereocenters. The maximum atomic E-state index is 12.9. The van der Waals surface area contributed by atoms with Gasteiger partial charge in [0.05, 0.1) is 0 Å². The number of Topliss-reactive ketones (excluding diaryl/α,β-unsaturated/α-hetero) is 1. The molecule has 5 heteroatoms. The number of rotatable bonds is 5. The van der Waals surface area contributed by atoms with Crippen LogP contribution >= 0.6 is 0 Å². The highest BCUT2D eigenvalue weighted by Gasteiger charge is 2.37. The van der Waals surface area contributed by atoms with E-state index in [9.17, 15) is 9.59 Å². The van der Waals surface area contributed by atoms with Gasteiger partial charge < -0.3 is 10.3 Å². The van der Waals surface area contributed by atoms with Crippen LogP contribution in [0.3, 0.4) is 0 Å². The highest BCUT2D eigenvalue weighted by Crippen LogP contribution is 2.28. The minimum atomic E-state index is -0.0496. The number of aromatic amines is 1. The molecule has 3 heterocycles. The minimum absolute atomic E-state index is 0.0329. The van der Waals surface area contributed by atoms with E-state index in [0.29, 0.717) is 17.3 Å². The van der Waals surface area contributed by atoms with Crippen LogP contribution in [-0.4, -0.2) is 46.7 Å². The smallest absolute Gasteiger partial charge is 0.268 e. The van der Waals surface area contributed by atoms with Crippen molar-refractivity contribution in [1.29, 1.82) is 0 Å². The molecule has 0 aliphatic carbocycles. The number of carbonyl (C=O) groups excluding carboxylic acids is 2. The molecule has 2 aliphatic heterocycles. The van der Waals surface area contributed by atoms with E-state index >= 15 is 0 Å². The van der Waals surface area contributed by atoms with Crippen molar-refractivity contribution >= 4 is 11.7 Å². The summed E-state index contributed by atoms with van der Waals surface area (Å²) in [4.78, 5) is 30.6. The van der Waals surface area contributed by atoms with Crippen LogP contribution in [0.1, 0.15) is 78.1 Å². The molecule has 132 valence electrons. The number of fused-ring (bicyclic) bond motifs is 1. The molecule has 24 heavy (non-hydrogen) atoms. The lowest BCUT2D eigenvalue weighted by molar-refractivity contribution is 0.0909. The number of hydrogen-bond acceptors (Lipinski definition) is 3. The number of carbonyl (C=O) groups is 2. The number of hydrogen-bond donors (Lipinski definition) is 2. The predicted molar refractivity (Wildman–Crippen MR) is 94.6 cm³/mol. The van der Waals surface area contributed by atoms with Gasteiger partial charge in [-0.2, -0.15) is 0 Å². The van der Waals surface area contributed by atoms with Crippen LogP contribution < -0.4 is 5.32 Å². The fourth-order valence-corrected chi connectivity index (χ4v) is 4.50. The number of aryl methyl sites for hydroxylation is 1. The van der Waals surface area contributed by atoms with E-state index in [1.54, 1.807) is 6.92 Å². The van der Waals surface area contributed by atoms with Crippen molar-refractivity contribution in [2.45, 2.75) is 71.4 Å². The van der Waals surface area contributed by atoms with Gasteiger partial charge in [0.25, 0.3) is 5.91 Å². The van der Waals surface area contributed by atoms with Crippen molar-refractivity contribution in [3.05, 3.63) is 22.5 Å². The van der Waals surface area contributed by atoms with Crippen molar-refractivity contribution in [3.8, 4) is 0 Å². The van der Waals surface area contributed by atoms with Crippen molar-refractivity contribution in [3.63, 3.8) is 0 Å². The summed E-state index contributed by atoms with van der Waals surface area (Å²) in [7, 11) is 0. The summed E-state index contributed by atoms with van der Waals surface area (Å²) in [6, 6.07) is 0.720. The largest absolute Gasteiger partial charge is 0.354 e. The quantitative estimate of drug-likeness (QED) is 0.816. The molecular weight excluding hydrogens is 302 g/mol. The molecule has 2 saturated heterocycles. The second-order valence-electron chi connectivity index (χ2n) is 7.25. The van der Waals surface area contributed by atoms with E-state index in [4.69, 9.17) is 0 Å². The summed E-state index contributed by atoms with van der Waals surface area (Å²) in [5.41, 5.74) is 2.99. The number of H-pyrrole nitrogens is 1. The van der Waals surface area contributed by atoms with Crippen LogP contribution in [0.4, 0.5) is 0 Å². The second-order valence-corrected chi connectivity index (χ2v) is 7.25.